The van der Waals surface area contributed by atoms with Crippen LogP contribution in [0.15, 0.2) is 4.52 Å². The highest BCUT2D eigenvalue weighted by molar-refractivity contribution is 14.1. The second-order valence-electron chi connectivity index (χ2n) is 6.90. The van der Waals surface area contributed by atoms with E-state index >= 15 is 0 Å². The van der Waals surface area contributed by atoms with E-state index in [-0.39, 0.29) is 0 Å². The molecule has 1 aromatic rings. The van der Waals surface area contributed by atoms with Crippen LogP contribution in [0.1, 0.15) is 44.3 Å². The number of nitrogens with two attached hydrogens (primary N) is 1. The molecule has 4 bridgehead atoms. The lowest BCUT2D eigenvalue weighted by molar-refractivity contribution is -0.0551. The normalized spacial score (nSPS) is 41.5. The molecule has 98 valence electrons. The van der Waals surface area contributed by atoms with E-state index in [1.165, 1.54) is 38.5 Å². The van der Waals surface area contributed by atoms with Gasteiger partial charge in [-0.1, -0.05) is 5.16 Å². The number of nitrogen functional groups attached to an aromatic ring is 1. The molecule has 0 radical (unpaired) electrons. The lowest BCUT2D eigenvalue weighted by Crippen LogP contribution is -2.47. The summed E-state index contributed by atoms with van der Waals surface area (Å²) in [6, 6.07) is 0. The first-order valence-electron chi connectivity index (χ1n) is 7.03. The summed E-state index contributed by atoms with van der Waals surface area (Å²) in [6.45, 7) is 0. The molecule has 0 aromatic carbocycles. The van der Waals surface area contributed by atoms with Gasteiger partial charge in [0.2, 0.25) is 0 Å². The third kappa shape index (κ3) is 1.71. The SMILES string of the molecule is Nc1noc(CC23CC4CC(CC(C4)C2)C3)c1I. The van der Waals surface area contributed by atoms with Crippen LogP contribution in [0.4, 0.5) is 5.82 Å². The van der Waals surface area contributed by atoms with E-state index < -0.39 is 0 Å². The Labute approximate surface area is 121 Å². The van der Waals surface area contributed by atoms with Gasteiger partial charge < -0.3 is 10.3 Å². The molecule has 0 atom stereocenters. The lowest BCUT2D eigenvalue weighted by atomic mass is 9.49. The van der Waals surface area contributed by atoms with E-state index in [4.69, 9.17) is 10.3 Å². The molecule has 4 aliphatic carbocycles. The van der Waals surface area contributed by atoms with Gasteiger partial charge in [0.25, 0.3) is 0 Å². The molecule has 18 heavy (non-hydrogen) atoms. The largest absolute Gasteiger partial charge is 0.380 e. The van der Waals surface area contributed by atoms with Crippen molar-refractivity contribution in [3.05, 3.63) is 9.33 Å². The summed E-state index contributed by atoms with van der Waals surface area (Å²) in [5, 5.41) is 3.91. The monoisotopic (exact) mass is 358 g/mol. The Morgan fingerprint density at radius 3 is 2.17 bits per heavy atom. The summed E-state index contributed by atoms with van der Waals surface area (Å²) in [5.74, 6) is 4.59. The van der Waals surface area contributed by atoms with Crippen molar-refractivity contribution in [1.29, 1.82) is 0 Å². The van der Waals surface area contributed by atoms with Crippen LogP contribution in [0.5, 0.6) is 0 Å². The first-order chi connectivity index (χ1) is 8.63. The fourth-order valence-corrected chi connectivity index (χ4v) is 5.67. The number of anilines is 1. The van der Waals surface area contributed by atoms with Gasteiger partial charge in [-0.3, -0.25) is 0 Å². The van der Waals surface area contributed by atoms with Crippen LogP contribution in [0.3, 0.4) is 0 Å². The second-order valence-corrected chi connectivity index (χ2v) is 7.98. The molecule has 4 saturated carbocycles. The van der Waals surface area contributed by atoms with Crippen molar-refractivity contribution in [3.8, 4) is 0 Å². The van der Waals surface area contributed by atoms with Crippen molar-refractivity contribution in [2.45, 2.75) is 44.9 Å². The standard InChI is InChI=1S/C14H19IN2O/c15-12-11(18-17-13(12)16)7-14-4-8-1-9(5-14)3-10(2-8)6-14/h8-10H,1-7H2,(H2,16,17). The number of halogens is 1. The van der Waals surface area contributed by atoms with Gasteiger partial charge in [0.1, 0.15) is 0 Å². The average Bonchev–Trinajstić information content (AvgIpc) is 2.58. The summed E-state index contributed by atoms with van der Waals surface area (Å²) >= 11 is 2.28. The third-order valence-electron chi connectivity index (χ3n) is 5.42. The highest BCUT2D eigenvalue weighted by Crippen LogP contribution is 2.61. The fraction of sp³-hybridized carbons (Fsp3) is 0.786. The van der Waals surface area contributed by atoms with Gasteiger partial charge in [-0.2, -0.15) is 0 Å². The minimum atomic E-state index is 0.515. The summed E-state index contributed by atoms with van der Waals surface area (Å²) in [5.41, 5.74) is 6.31. The Hall–Kier alpha value is -0.260. The molecule has 0 amide bonds. The molecule has 3 nitrogen and oxygen atoms in total. The molecule has 4 aliphatic rings. The van der Waals surface area contributed by atoms with Crippen molar-refractivity contribution >= 4 is 28.4 Å². The number of nitrogens with zero attached hydrogens (tertiary/aromatic N) is 1. The van der Waals surface area contributed by atoms with E-state index in [2.05, 4.69) is 27.7 Å². The van der Waals surface area contributed by atoms with Crippen molar-refractivity contribution in [2.75, 3.05) is 5.73 Å². The predicted molar refractivity (Wildman–Crippen MR) is 77.9 cm³/mol. The molecule has 0 aliphatic heterocycles. The highest BCUT2D eigenvalue weighted by Gasteiger charge is 2.51. The molecule has 5 rings (SSSR count). The molecular weight excluding hydrogens is 339 g/mol. The number of rotatable bonds is 2. The zero-order chi connectivity index (χ0) is 12.3. The Balaban J connectivity index is 1.62. The van der Waals surface area contributed by atoms with Crippen LogP contribution < -0.4 is 5.73 Å². The van der Waals surface area contributed by atoms with Gasteiger partial charge in [0.15, 0.2) is 11.6 Å². The van der Waals surface area contributed by atoms with Crippen LogP contribution in [0, 0.1) is 26.7 Å². The van der Waals surface area contributed by atoms with Crippen molar-refractivity contribution in [2.24, 2.45) is 23.2 Å². The smallest absolute Gasteiger partial charge is 0.180 e. The van der Waals surface area contributed by atoms with E-state index in [9.17, 15) is 0 Å². The molecule has 2 N–H and O–H groups in total. The van der Waals surface area contributed by atoms with Gasteiger partial charge in [-0.15, -0.1) is 0 Å². The highest BCUT2D eigenvalue weighted by atomic mass is 127. The topological polar surface area (TPSA) is 52.0 Å². The Morgan fingerprint density at radius 2 is 1.72 bits per heavy atom. The Kier molecular flexibility index (Phi) is 2.48. The van der Waals surface area contributed by atoms with Crippen LogP contribution in [-0.2, 0) is 6.42 Å². The van der Waals surface area contributed by atoms with Gasteiger partial charge >= 0.3 is 0 Å². The first-order valence-corrected chi connectivity index (χ1v) is 8.11. The zero-order valence-electron chi connectivity index (χ0n) is 10.5. The maximum Gasteiger partial charge on any atom is 0.180 e. The minimum absolute atomic E-state index is 0.515. The molecule has 1 aromatic heterocycles. The van der Waals surface area contributed by atoms with Crippen LogP contribution >= 0.6 is 22.6 Å². The van der Waals surface area contributed by atoms with Crippen LogP contribution in [-0.4, -0.2) is 5.16 Å². The average molecular weight is 358 g/mol. The quantitative estimate of drug-likeness (QED) is 0.822. The molecule has 4 heteroatoms. The van der Waals surface area contributed by atoms with Crippen molar-refractivity contribution in [3.63, 3.8) is 0 Å². The van der Waals surface area contributed by atoms with Crippen molar-refractivity contribution < 1.29 is 4.52 Å². The minimum Gasteiger partial charge on any atom is -0.380 e. The summed E-state index contributed by atoms with van der Waals surface area (Å²) in [6.07, 6.45) is 9.79. The molecule has 1 heterocycles. The third-order valence-corrected chi connectivity index (χ3v) is 6.58. The number of hydrogen-bond acceptors (Lipinski definition) is 3. The maximum atomic E-state index is 5.80. The number of aromatic nitrogens is 1. The number of hydrogen-bond donors (Lipinski definition) is 1. The van der Waals surface area contributed by atoms with Gasteiger partial charge in [0, 0.05) is 6.42 Å². The van der Waals surface area contributed by atoms with Crippen molar-refractivity contribution in [1.82, 2.24) is 5.16 Å². The molecule has 0 unspecified atom stereocenters. The first kappa shape index (κ1) is 11.6. The van der Waals surface area contributed by atoms with Gasteiger partial charge in [-0.05, 0) is 84.3 Å². The summed E-state index contributed by atoms with van der Waals surface area (Å²) in [7, 11) is 0. The van der Waals surface area contributed by atoms with E-state index in [0.717, 1.165) is 33.5 Å². The summed E-state index contributed by atoms with van der Waals surface area (Å²) < 4.78 is 6.50. The second kappa shape index (κ2) is 3.87. The van der Waals surface area contributed by atoms with E-state index in [0.29, 0.717) is 11.2 Å². The fourth-order valence-electron chi connectivity index (χ4n) is 5.28. The molecule has 0 spiro atoms. The van der Waals surface area contributed by atoms with E-state index in [1.807, 2.05) is 0 Å². The zero-order valence-corrected chi connectivity index (χ0v) is 12.7. The molecule has 0 saturated heterocycles. The van der Waals surface area contributed by atoms with Crippen LogP contribution in [0.25, 0.3) is 0 Å². The molecular formula is C14H19IN2O. The summed E-state index contributed by atoms with van der Waals surface area (Å²) in [4.78, 5) is 0. The molecule has 4 fully saturated rings. The van der Waals surface area contributed by atoms with Gasteiger partial charge in [0.05, 0.1) is 3.57 Å². The maximum absolute atomic E-state index is 5.80. The van der Waals surface area contributed by atoms with E-state index in [1.54, 1.807) is 0 Å². The lowest BCUT2D eigenvalue weighted by Gasteiger charge is -2.56. The predicted octanol–water partition coefficient (Wildman–Crippen LogP) is 3.62. The Bertz CT molecular complexity index is 447. The van der Waals surface area contributed by atoms with Gasteiger partial charge in [-0.25, -0.2) is 0 Å². The van der Waals surface area contributed by atoms with Crippen LogP contribution in [0.2, 0.25) is 0 Å². The Morgan fingerprint density at radius 1 is 1.17 bits per heavy atom.